The van der Waals surface area contributed by atoms with Crippen molar-refractivity contribution in [1.82, 2.24) is 0 Å². The van der Waals surface area contributed by atoms with E-state index in [2.05, 4.69) is 0 Å². The lowest BCUT2D eigenvalue weighted by atomic mass is 10.2. The van der Waals surface area contributed by atoms with E-state index in [0.29, 0.717) is 11.6 Å². The van der Waals surface area contributed by atoms with E-state index in [1.807, 2.05) is 0 Å². The van der Waals surface area contributed by atoms with Crippen molar-refractivity contribution in [2.45, 2.75) is 13.5 Å². The molecule has 2 aromatic rings. The van der Waals surface area contributed by atoms with Crippen molar-refractivity contribution in [2.75, 3.05) is 6.61 Å². The van der Waals surface area contributed by atoms with E-state index < -0.39 is 10.9 Å². The lowest BCUT2D eigenvalue weighted by Crippen LogP contribution is -2.07. The monoisotopic (exact) mass is 335 g/mol. The van der Waals surface area contributed by atoms with Gasteiger partial charge in [-0.15, -0.1) is 0 Å². The van der Waals surface area contributed by atoms with E-state index in [1.165, 1.54) is 12.1 Å². The fourth-order valence-corrected chi connectivity index (χ4v) is 2.14. The minimum atomic E-state index is -0.656. The lowest BCUT2D eigenvalue weighted by molar-refractivity contribution is -0.385. The molecule has 0 saturated carbocycles. The third kappa shape index (κ3) is 4.43. The molecule has 0 fully saturated rings. The molecule has 0 N–H and O–H groups in total. The summed E-state index contributed by atoms with van der Waals surface area (Å²) in [5, 5.41) is 11.6. The SMILES string of the molecule is CCOc1ccc(C(=O)OCc2cccc(Cl)c2)cc1[N+](=O)[O-]. The van der Waals surface area contributed by atoms with E-state index in [4.69, 9.17) is 21.1 Å². The number of ether oxygens (including phenoxy) is 2. The van der Waals surface area contributed by atoms with Crippen molar-refractivity contribution >= 4 is 23.3 Å². The molecule has 0 spiro atoms. The Morgan fingerprint density at radius 2 is 2.04 bits per heavy atom. The number of rotatable bonds is 6. The molecule has 0 radical (unpaired) electrons. The standard InChI is InChI=1S/C16H14ClNO5/c1-2-22-15-7-6-12(9-14(15)18(20)21)16(19)23-10-11-4-3-5-13(17)8-11/h3-9H,2,10H2,1H3. The number of esters is 1. The summed E-state index contributed by atoms with van der Waals surface area (Å²) in [5.41, 5.74) is 0.539. The molecule has 2 aromatic carbocycles. The number of hydrogen-bond acceptors (Lipinski definition) is 5. The molecule has 7 heteroatoms. The van der Waals surface area contributed by atoms with Crippen LogP contribution in [-0.2, 0) is 11.3 Å². The first-order valence-electron chi connectivity index (χ1n) is 6.84. The van der Waals surface area contributed by atoms with Gasteiger partial charge in [-0.1, -0.05) is 23.7 Å². The van der Waals surface area contributed by atoms with Crippen LogP contribution in [0.1, 0.15) is 22.8 Å². The van der Waals surface area contributed by atoms with Crippen molar-refractivity contribution in [3.8, 4) is 5.75 Å². The molecule has 0 aliphatic heterocycles. The molecule has 0 unspecified atom stereocenters. The molecule has 0 saturated heterocycles. The van der Waals surface area contributed by atoms with Crippen LogP contribution >= 0.6 is 11.6 Å². The Labute approximate surface area is 137 Å². The normalized spacial score (nSPS) is 10.2. The Bertz CT molecular complexity index is 732. The molecule has 120 valence electrons. The predicted octanol–water partition coefficient (Wildman–Crippen LogP) is 4.00. The first-order chi connectivity index (χ1) is 11.0. The average molecular weight is 336 g/mol. The van der Waals surface area contributed by atoms with Gasteiger partial charge in [0.25, 0.3) is 0 Å². The van der Waals surface area contributed by atoms with Crippen molar-refractivity contribution in [1.29, 1.82) is 0 Å². The molecule has 2 rings (SSSR count). The summed E-state index contributed by atoms with van der Waals surface area (Å²) >= 11 is 5.85. The van der Waals surface area contributed by atoms with Gasteiger partial charge >= 0.3 is 11.7 Å². The number of carbonyl (C=O) groups is 1. The van der Waals surface area contributed by atoms with Crippen LogP contribution in [-0.4, -0.2) is 17.5 Å². The summed E-state index contributed by atoms with van der Waals surface area (Å²) in [7, 11) is 0. The third-order valence-electron chi connectivity index (χ3n) is 2.95. The van der Waals surface area contributed by atoms with E-state index in [-0.39, 0.29) is 23.6 Å². The molecule has 0 atom stereocenters. The van der Waals surface area contributed by atoms with Gasteiger partial charge in [0, 0.05) is 11.1 Å². The van der Waals surface area contributed by atoms with Crippen LogP contribution in [0.4, 0.5) is 5.69 Å². The quantitative estimate of drug-likeness (QED) is 0.453. The van der Waals surface area contributed by atoms with Gasteiger partial charge in [0.05, 0.1) is 17.1 Å². The van der Waals surface area contributed by atoms with Gasteiger partial charge in [-0.2, -0.15) is 0 Å². The second kappa shape index (κ2) is 7.60. The van der Waals surface area contributed by atoms with E-state index in [0.717, 1.165) is 11.6 Å². The highest BCUT2D eigenvalue weighted by Gasteiger charge is 2.19. The molecular weight excluding hydrogens is 322 g/mol. The fourth-order valence-electron chi connectivity index (χ4n) is 1.92. The second-order valence-electron chi connectivity index (χ2n) is 4.58. The van der Waals surface area contributed by atoms with Gasteiger partial charge in [-0.05, 0) is 36.8 Å². The average Bonchev–Trinajstić information content (AvgIpc) is 2.53. The van der Waals surface area contributed by atoms with Crippen LogP contribution in [0, 0.1) is 10.1 Å². The summed E-state index contributed by atoms with van der Waals surface area (Å²) < 4.78 is 10.3. The van der Waals surface area contributed by atoms with Crippen LogP contribution < -0.4 is 4.74 Å². The number of carbonyl (C=O) groups excluding carboxylic acids is 1. The second-order valence-corrected chi connectivity index (χ2v) is 5.02. The van der Waals surface area contributed by atoms with Crippen LogP contribution in [0.5, 0.6) is 5.75 Å². The molecular formula is C16H14ClNO5. The highest BCUT2D eigenvalue weighted by atomic mass is 35.5. The van der Waals surface area contributed by atoms with Crippen molar-refractivity contribution in [3.63, 3.8) is 0 Å². The van der Waals surface area contributed by atoms with Gasteiger partial charge in [0.1, 0.15) is 6.61 Å². The van der Waals surface area contributed by atoms with Gasteiger partial charge in [0.15, 0.2) is 5.75 Å². The van der Waals surface area contributed by atoms with Gasteiger partial charge in [-0.25, -0.2) is 4.79 Å². The largest absolute Gasteiger partial charge is 0.487 e. The topological polar surface area (TPSA) is 78.7 Å². The van der Waals surface area contributed by atoms with Crippen LogP contribution in [0.3, 0.4) is 0 Å². The highest BCUT2D eigenvalue weighted by Crippen LogP contribution is 2.28. The maximum Gasteiger partial charge on any atom is 0.338 e. The zero-order valence-corrected chi connectivity index (χ0v) is 13.1. The Kier molecular flexibility index (Phi) is 5.54. The summed E-state index contributed by atoms with van der Waals surface area (Å²) in [6.07, 6.45) is 0. The minimum Gasteiger partial charge on any atom is -0.487 e. The molecule has 0 aromatic heterocycles. The van der Waals surface area contributed by atoms with E-state index in [1.54, 1.807) is 31.2 Å². The van der Waals surface area contributed by atoms with Crippen LogP contribution in [0.2, 0.25) is 5.02 Å². The van der Waals surface area contributed by atoms with Crippen molar-refractivity contribution in [2.24, 2.45) is 0 Å². The summed E-state index contributed by atoms with van der Waals surface area (Å²) in [4.78, 5) is 22.5. The fraction of sp³-hybridized carbons (Fsp3) is 0.188. The number of hydrogen-bond donors (Lipinski definition) is 0. The van der Waals surface area contributed by atoms with E-state index in [9.17, 15) is 14.9 Å². The summed E-state index contributed by atoms with van der Waals surface area (Å²) in [5.74, 6) is -0.542. The first-order valence-corrected chi connectivity index (χ1v) is 7.22. The highest BCUT2D eigenvalue weighted by molar-refractivity contribution is 6.30. The first kappa shape index (κ1) is 16.8. The molecule has 0 aliphatic carbocycles. The molecule has 0 heterocycles. The van der Waals surface area contributed by atoms with E-state index >= 15 is 0 Å². The Hall–Kier alpha value is -2.60. The zero-order valence-electron chi connectivity index (χ0n) is 12.3. The van der Waals surface area contributed by atoms with Gasteiger partial charge in [-0.3, -0.25) is 10.1 Å². The van der Waals surface area contributed by atoms with Crippen LogP contribution in [0.15, 0.2) is 42.5 Å². The number of halogens is 1. The number of benzene rings is 2. The molecule has 0 amide bonds. The summed E-state index contributed by atoms with van der Waals surface area (Å²) in [6, 6.07) is 10.9. The van der Waals surface area contributed by atoms with Crippen molar-refractivity contribution in [3.05, 3.63) is 68.7 Å². The molecule has 23 heavy (non-hydrogen) atoms. The Morgan fingerprint density at radius 1 is 1.26 bits per heavy atom. The number of nitro groups is 1. The van der Waals surface area contributed by atoms with Gasteiger partial charge < -0.3 is 9.47 Å². The number of nitro benzene ring substituents is 1. The Morgan fingerprint density at radius 3 is 2.70 bits per heavy atom. The lowest BCUT2D eigenvalue weighted by Gasteiger charge is -2.07. The maximum atomic E-state index is 12.0. The predicted molar refractivity (Wildman–Crippen MR) is 84.8 cm³/mol. The third-order valence-corrected chi connectivity index (χ3v) is 3.19. The van der Waals surface area contributed by atoms with Crippen molar-refractivity contribution < 1.29 is 19.2 Å². The maximum absolute atomic E-state index is 12.0. The summed E-state index contributed by atoms with van der Waals surface area (Å²) in [6.45, 7) is 2.04. The minimum absolute atomic E-state index is 0.0282. The molecule has 0 aliphatic rings. The van der Waals surface area contributed by atoms with Crippen LogP contribution in [0.25, 0.3) is 0 Å². The molecule has 6 nitrogen and oxygen atoms in total. The number of nitrogens with zero attached hydrogens (tertiary/aromatic N) is 1. The smallest absolute Gasteiger partial charge is 0.338 e. The Balaban J connectivity index is 2.13. The molecule has 0 bridgehead atoms. The van der Waals surface area contributed by atoms with Gasteiger partial charge in [0.2, 0.25) is 0 Å². The zero-order chi connectivity index (χ0) is 16.8.